The summed E-state index contributed by atoms with van der Waals surface area (Å²) in [6.07, 6.45) is -0.450. The molecule has 1 aromatic carbocycles. The number of benzene rings is 1. The van der Waals surface area contributed by atoms with Crippen molar-refractivity contribution in [3.8, 4) is 0 Å². The van der Waals surface area contributed by atoms with E-state index in [1.807, 2.05) is 0 Å². The molecule has 0 bridgehead atoms. The second kappa shape index (κ2) is 4.99. The SMILES string of the molecule is CC(C)(C)OC(=O)N1CCNc2cc([N+](=O)[O-])ccc21. The number of fused-ring (bicyclic) bond motifs is 1. The van der Waals surface area contributed by atoms with Gasteiger partial charge in [-0.05, 0) is 26.8 Å². The fourth-order valence-corrected chi connectivity index (χ4v) is 1.94. The number of nitro groups is 1. The number of hydrogen-bond acceptors (Lipinski definition) is 5. The molecule has 0 spiro atoms. The summed E-state index contributed by atoms with van der Waals surface area (Å²) in [5.74, 6) is 0. The Morgan fingerprint density at radius 3 is 2.75 bits per heavy atom. The monoisotopic (exact) mass is 279 g/mol. The van der Waals surface area contributed by atoms with Crippen molar-refractivity contribution in [1.82, 2.24) is 0 Å². The molecule has 0 unspecified atom stereocenters. The molecule has 0 aliphatic carbocycles. The highest BCUT2D eigenvalue weighted by Gasteiger charge is 2.28. The molecule has 1 amide bonds. The van der Waals surface area contributed by atoms with Crippen molar-refractivity contribution in [3.63, 3.8) is 0 Å². The third-order valence-corrected chi connectivity index (χ3v) is 2.75. The van der Waals surface area contributed by atoms with Crippen molar-refractivity contribution < 1.29 is 14.5 Å². The molecule has 1 aromatic rings. The molecule has 7 heteroatoms. The van der Waals surface area contributed by atoms with Crippen molar-refractivity contribution in [2.45, 2.75) is 26.4 Å². The van der Waals surface area contributed by atoms with Gasteiger partial charge in [0.15, 0.2) is 0 Å². The topological polar surface area (TPSA) is 84.7 Å². The van der Waals surface area contributed by atoms with Gasteiger partial charge in [-0.25, -0.2) is 4.79 Å². The first-order chi connectivity index (χ1) is 9.28. The van der Waals surface area contributed by atoms with E-state index >= 15 is 0 Å². The fourth-order valence-electron chi connectivity index (χ4n) is 1.94. The van der Waals surface area contributed by atoms with E-state index in [1.165, 1.54) is 17.0 Å². The third kappa shape index (κ3) is 2.98. The number of non-ortho nitro benzene ring substituents is 1. The number of nitro benzene ring substituents is 1. The highest BCUT2D eigenvalue weighted by atomic mass is 16.6. The lowest BCUT2D eigenvalue weighted by Gasteiger charge is -2.32. The van der Waals surface area contributed by atoms with Crippen LogP contribution in [0.3, 0.4) is 0 Å². The molecular formula is C13H17N3O4. The largest absolute Gasteiger partial charge is 0.443 e. The van der Waals surface area contributed by atoms with Gasteiger partial charge in [-0.15, -0.1) is 0 Å². The first kappa shape index (κ1) is 14.1. The predicted molar refractivity (Wildman–Crippen MR) is 75.2 cm³/mol. The molecule has 108 valence electrons. The highest BCUT2D eigenvalue weighted by Crippen LogP contribution is 2.33. The quantitative estimate of drug-likeness (QED) is 0.631. The Morgan fingerprint density at radius 2 is 2.15 bits per heavy atom. The lowest BCUT2D eigenvalue weighted by molar-refractivity contribution is -0.384. The van der Waals surface area contributed by atoms with E-state index in [0.717, 1.165) is 0 Å². The normalized spacial score (nSPS) is 14.2. The molecule has 0 radical (unpaired) electrons. The second-order valence-corrected chi connectivity index (χ2v) is 5.52. The molecule has 1 aliphatic rings. The summed E-state index contributed by atoms with van der Waals surface area (Å²) in [6.45, 7) is 6.37. The van der Waals surface area contributed by atoms with Crippen LogP contribution >= 0.6 is 0 Å². The minimum Gasteiger partial charge on any atom is -0.443 e. The Bertz CT molecular complexity index is 551. The number of hydrogen-bond donors (Lipinski definition) is 1. The fraction of sp³-hybridized carbons (Fsp3) is 0.462. The maximum atomic E-state index is 12.1. The van der Waals surface area contributed by atoms with Gasteiger partial charge in [0.2, 0.25) is 0 Å². The van der Waals surface area contributed by atoms with Crippen LogP contribution in [-0.4, -0.2) is 29.7 Å². The van der Waals surface area contributed by atoms with Crippen LogP contribution in [0, 0.1) is 10.1 Å². The maximum Gasteiger partial charge on any atom is 0.414 e. The van der Waals surface area contributed by atoms with Crippen LogP contribution in [0.15, 0.2) is 18.2 Å². The van der Waals surface area contributed by atoms with Crippen LogP contribution in [0.1, 0.15) is 20.8 Å². The molecule has 1 heterocycles. The number of rotatable bonds is 1. The zero-order valence-electron chi connectivity index (χ0n) is 11.7. The molecule has 2 rings (SSSR count). The number of ether oxygens (including phenoxy) is 1. The van der Waals surface area contributed by atoms with Crippen molar-refractivity contribution in [2.24, 2.45) is 0 Å². The molecule has 7 nitrogen and oxygen atoms in total. The molecule has 20 heavy (non-hydrogen) atoms. The smallest absolute Gasteiger partial charge is 0.414 e. The van der Waals surface area contributed by atoms with Crippen LogP contribution in [0.5, 0.6) is 0 Å². The van der Waals surface area contributed by atoms with Gasteiger partial charge in [0, 0.05) is 25.2 Å². The van der Waals surface area contributed by atoms with E-state index in [4.69, 9.17) is 4.74 Å². The number of carbonyl (C=O) groups excluding carboxylic acids is 1. The molecule has 0 atom stereocenters. The first-order valence-corrected chi connectivity index (χ1v) is 6.31. The zero-order chi connectivity index (χ0) is 14.9. The van der Waals surface area contributed by atoms with Crippen LogP contribution in [0.25, 0.3) is 0 Å². The first-order valence-electron chi connectivity index (χ1n) is 6.31. The van der Waals surface area contributed by atoms with E-state index in [0.29, 0.717) is 24.5 Å². The number of anilines is 2. The summed E-state index contributed by atoms with van der Waals surface area (Å²) in [5.41, 5.74) is 0.567. The van der Waals surface area contributed by atoms with Gasteiger partial charge in [-0.1, -0.05) is 0 Å². The van der Waals surface area contributed by atoms with Crippen molar-refractivity contribution in [3.05, 3.63) is 28.3 Å². The Kier molecular flexibility index (Phi) is 3.52. The van der Waals surface area contributed by atoms with Gasteiger partial charge >= 0.3 is 6.09 Å². The Balaban J connectivity index is 2.29. The van der Waals surface area contributed by atoms with Gasteiger partial charge in [-0.2, -0.15) is 0 Å². The second-order valence-electron chi connectivity index (χ2n) is 5.52. The molecule has 0 saturated carbocycles. The summed E-state index contributed by atoms with van der Waals surface area (Å²) in [5, 5.41) is 13.8. The zero-order valence-corrected chi connectivity index (χ0v) is 11.7. The summed E-state index contributed by atoms with van der Waals surface area (Å²) in [6, 6.07) is 4.36. The van der Waals surface area contributed by atoms with Crippen LogP contribution in [0.2, 0.25) is 0 Å². The van der Waals surface area contributed by atoms with Crippen molar-refractivity contribution in [1.29, 1.82) is 0 Å². The molecule has 0 fully saturated rings. The number of nitrogens with one attached hydrogen (secondary N) is 1. The van der Waals surface area contributed by atoms with Gasteiger partial charge in [0.05, 0.1) is 16.3 Å². The summed E-state index contributed by atoms with van der Waals surface area (Å²) >= 11 is 0. The molecule has 1 N–H and O–H groups in total. The van der Waals surface area contributed by atoms with E-state index in [9.17, 15) is 14.9 Å². The average molecular weight is 279 g/mol. The van der Waals surface area contributed by atoms with Gasteiger partial charge < -0.3 is 10.1 Å². The van der Waals surface area contributed by atoms with Crippen LogP contribution in [0.4, 0.5) is 21.9 Å². The van der Waals surface area contributed by atoms with E-state index in [2.05, 4.69) is 5.32 Å². The summed E-state index contributed by atoms with van der Waals surface area (Å²) < 4.78 is 5.34. The van der Waals surface area contributed by atoms with Crippen LogP contribution < -0.4 is 10.2 Å². The van der Waals surface area contributed by atoms with E-state index in [-0.39, 0.29) is 5.69 Å². The third-order valence-electron chi connectivity index (χ3n) is 2.75. The highest BCUT2D eigenvalue weighted by molar-refractivity contribution is 5.94. The van der Waals surface area contributed by atoms with Gasteiger partial charge in [0.1, 0.15) is 5.60 Å². The number of amides is 1. The lowest BCUT2D eigenvalue weighted by atomic mass is 10.2. The van der Waals surface area contributed by atoms with E-state index in [1.54, 1.807) is 26.8 Å². The van der Waals surface area contributed by atoms with Gasteiger partial charge in [0.25, 0.3) is 5.69 Å². The number of nitrogens with zero attached hydrogens (tertiary/aromatic N) is 2. The minimum atomic E-state index is -0.580. The summed E-state index contributed by atoms with van der Waals surface area (Å²) in [4.78, 5) is 23.9. The molecular weight excluding hydrogens is 262 g/mol. The van der Waals surface area contributed by atoms with Gasteiger partial charge in [-0.3, -0.25) is 15.0 Å². The molecule has 0 aromatic heterocycles. The Hall–Kier alpha value is -2.31. The Labute approximate surface area is 116 Å². The maximum absolute atomic E-state index is 12.1. The van der Waals surface area contributed by atoms with Crippen molar-refractivity contribution in [2.75, 3.05) is 23.3 Å². The minimum absolute atomic E-state index is 0.0118. The lowest BCUT2D eigenvalue weighted by Crippen LogP contribution is -2.42. The standard InChI is InChI=1S/C13H17N3O4/c1-13(2,3)20-12(17)15-7-6-14-10-8-9(16(18)19)4-5-11(10)15/h4-5,8,14H,6-7H2,1-3H3. The van der Waals surface area contributed by atoms with Crippen LogP contribution in [-0.2, 0) is 4.74 Å². The molecule has 1 aliphatic heterocycles. The number of carbonyl (C=O) groups is 1. The van der Waals surface area contributed by atoms with Crippen molar-refractivity contribution >= 4 is 23.2 Å². The average Bonchev–Trinajstić information content (AvgIpc) is 2.35. The predicted octanol–water partition coefficient (Wildman–Crippen LogP) is 2.76. The molecule has 0 saturated heterocycles. The summed E-state index contributed by atoms with van der Waals surface area (Å²) in [7, 11) is 0. The Morgan fingerprint density at radius 1 is 1.45 bits per heavy atom. The van der Waals surface area contributed by atoms with E-state index < -0.39 is 16.6 Å².